The van der Waals surface area contributed by atoms with Gasteiger partial charge >= 0.3 is 0 Å². The van der Waals surface area contributed by atoms with Gasteiger partial charge in [-0.1, -0.05) is 12.1 Å². The molecule has 5 nitrogen and oxygen atoms in total. The molecule has 1 amide bonds. The summed E-state index contributed by atoms with van der Waals surface area (Å²) in [6.07, 6.45) is 3.49. The van der Waals surface area contributed by atoms with E-state index in [4.69, 9.17) is 4.74 Å². The summed E-state index contributed by atoms with van der Waals surface area (Å²) in [6.45, 7) is 0.425. The summed E-state index contributed by atoms with van der Waals surface area (Å²) in [6, 6.07) is 11.2. The molecular weight excluding hydrogens is 266 g/mol. The number of carbonyl (C=O) groups excluding carboxylic acids is 1. The van der Waals surface area contributed by atoms with Crippen LogP contribution in [-0.2, 0) is 6.54 Å². The van der Waals surface area contributed by atoms with Crippen molar-refractivity contribution in [3.8, 4) is 5.88 Å². The van der Waals surface area contributed by atoms with Crippen molar-refractivity contribution in [2.75, 3.05) is 7.11 Å². The highest BCUT2D eigenvalue weighted by molar-refractivity contribution is 6.05. The van der Waals surface area contributed by atoms with Gasteiger partial charge in [-0.2, -0.15) is 0 Å². The predicted octanol–water partition coefficient (Wildman–Crippen LogP) is 2.50. The highest BCUT2D eigenvalue weighted by atomic mass is 16.5. The first-order valence-electron chi connectivity index (χ1n) is 6.61. The van der Waals surface area contributed by atoms with E-state index in [1.165, 1.54) is 0 Å². The molecule has 0 atom stereocenters. The molecule has 0 aliphatic heterocycles. The summed E-state index contributed by atoms with van der Waals surface area (Å²) in [5.41, 5.74) is 2.43. The lowest BCUT2D eigenvalue weighted by molar-refractivity contribution is 0.0952. The quantitative estimate of drug-likeness (QED) is 0.772. The van der Waals surface area contributed by atoms with E-state index < -0.39 is 0 Å². The standard InChI is InChI=1S/C16H15N3O2/c1-21-14-9-11(5-7-17-14)10-19-16(20)13-4-2-3-12-6-8-18-15(12)13/h2-9,18H,10H2,1H3,(H,19,20). The van der Waals surface area contributed by atoms with Crippen molar-refractivity contribution in [3.63, 3.8) is 0 Å². The monoisotopic (exact) mass is 281 g/mol. The third-order valence-corrected chi connectivity index (χ3v) is 3.29. The van der Waals surface area contributed by atoms with E-state index in [2.05, 4.69) is 15.3 Å². The summed E-state index contributed by atoms with van der Waals surface area (Å²) in [5, 5.41) is 3.93. The maximum atomic E-state index is 12.3. The molecule has 0 saturated heterocycles. The number of para-hydroxylation sites is 1. The van der Waals surface area contributed by atoms with Crippen LogP contribution in [0, 0.1) is 0 Å². The zero-order chi connectivity index (χ0) is 14.7. The number of fused-ring (bicyclic) bond motifs is 1. The number of aromatic amines is 1. The molecule has 5 heteroatoms. The maximum absolute atomic E-state index is 12.3. The Balaban J connectivity index is 1.76. The molecule has 2 N–H and O–H groups in total. The Bertz CT molecular complexity index is 780. The number of hydrogen-bond acceptors (Lipinski definition) is 3. The topological polar surface area (TPSA) is 67.0 Å². The first-order chi connectivity index (χ1) is 10.3. The van der Waals surface area contributed by atoms with E-state index in [1.807, 2.05) is 30.5 Å². The number of methoxy groups -OCH3 is 1. The molecule has 0 aliphatic carbocycles. The minimum Gasteiger partial charge on any atom is -0.481 e. The van der Waals surface area contributed by atoms with E-state index in [-0.39, 0.29) is 5.91 Å². The predicted molar refractivity (Wildman–Crippen MR) is 80.3 cm³/mol. The van der Waals surface area contributed by atoms with Crippen LogP contribution in [0.1, 0.15) is 15.9 Å². The summed E-state index contributed by atoms with van der Waals surface area (Å²) < 4.78 is 5.06. The first kappa shape index (κ1) is 13.2. The fraction of sp³-hybridized carbons (Fsp3) is 0.125. The molecule has 0 fully saturated rings. The minimum absolute atomic E-state index is 0.112. The number of hydrogen-bond donors (Lipinski definition) is 2. The fourth-order valence-electron chi connectivity index (χ4n) is 2.22. The molecule has 0 unspecified atom stereocenters. The molecule has 3 rings (SSSR count). The van der Waals surface area contributed by atoms with E-state index in [1.54, 1.807) is 25.4 Å². The number of amides is 1. The van der Waals surface area contributed by atoms with Crippen LogP contribution in [-0.4, -0.2) is 23.0 Å². The molecule has 0 saturated carbocycles. The number of benzene rings is 1. The Kier molecular flexibility index (Phi) is 3.55. The number of H-pyrrole nitrogens is 1. The number of aromatic nitrogens is 2. The first-order valence-corrected chi connectivity index (χ1v) is 6.61. The second-order valence-corrected chi connectivity index (χ2v) is 4.64. The van der Waals surface area contributed by atoms with Crippen LogP contribution in [0.4, 0.5) is 0 Å². The van der Waals surface area contributed by atoms with Gasteiger partial charge in [0.25, 0.3) is 5.91 Å². The summed E-state index contributed by atoms with van der Waals surface area (Å²) >= 11 is 0. The van der Waals surface area contributed by atoms with Crippen LogP contribution >= 0.6 is 0 Å². The molecule has 0 bridgehead atoms. The van der Waals surface area contributed by atoms with Crippen LogP contribution in [0.15, 0.2) is 48.8 Å². The van der Waals surface area contributed by atoms with Crippen LogP contribution < -0.4 is 10.1 Å². The van der Waals surface area contributed by atoms with Crippen molar-refractivity contribution in [3.05, 3.63) is 59.9 Å². The molecule has 2 heterocycles. The Morgan fingerprint density at radius 1 is 1.33 bits per heavy atom. The fourth-order valence-corrected chi connectivity index (χ4v) is 2.22. The number of carbonyl (C=O) groups is 1. The number of nitrogens with zero attached hydrogens (tertiary/aromatic N) is 1. The average molecular weight is 281 g/mol. The van der Waals surface area contributed by atoms with Crippen LogP contribution in [0.3, 0.4) is 0 Å². The van der Waals surface area contributed by atoms with Gasteiger partial charge in [0.15, 0.2) is 0 Å². The molecule has 21 heavy (non-hydrogen) atoms. The zero-order valence-corrected chi connectivity index (χ0v) is 11.6. The van der Waals surface area contributed by atoms with E-state index in [0.29, 0.717) is 18.0 Å². The average Bonchev–Trinajstić information content (AvgIpc) is 3.01. The Hall–Kier alpha value is -2.82. The highest BCUT2D eigenvalue weighted by Gasteiger charge is 2.10. The molecule has 106 valence electrons. The Morgan fingerprint density at radius 2 is 2.24 bits per heavy atom. The lowest BCUT2D eigenvalue weighted by Gasteiger charge is -2.07. The largest absolute Gasteiger partial charge is 0.481 e. The second-order valence-electron chi connectivity index (χ2n) is 4.64. The van der Waals surface area contributed by atoms with Crippen LogP contribution in [0.2, 0.25) is 0 Å². The van der Waals surface area contributed by atoms with Gasteiger partial charge in [0.1, 0.15) is 0 Å². The second kappa shape index (κ2) is 5.66. The van der Waals surface area contributed by atoms with E-state index >= 15 is 0 Å². The molecule has 3 aromatic rings. The summed E-state index contributed by atoms with van der Waals surface area (Å²) in [5.74, 6) is 0.423. The van der Waals surface area contributed by atoms with Crippen molar-refractivity contribution < 1.29 is 9.53 Å². The van der Waals surface area contributed by atoms with Gasteiger partial charge in [-0.05, 0) is 23.8 Å². The summed E-state index contributed by atoms with van der Waals surface area (Å²) in [7, 11) is 1.57. The molecule has 0 spiro atoms. The van der Waals surface area contributed by atoms with Crippen molar-refractivity contribution in [1.82, 2.24) is 15.3 Å². The number of ether oxygens (including phenoxy) is 1. The molecule has 0 radical (unpaired) electrons. The van der Waals surface area contributed by atoms with Gasteiger partial charge in [-0.3, -0.25) is 4.79 Å². The van der Waals surface area contributed by atoms with Gasteiger partial charge in [0, 0.05) is 30.4 Å². The van der Waals surface area contributed by atoms with Gasteiger partial charge in [0.2, 0.25) is 5.88 Å². The molecule has 1 aromatic carbocycles. The Morgan fingerprint density at radius 3 is 3.10 bits per heavy atom. The SMILES string of the molecule is COc1cc(CNC(=O)c2cccc3cc[nH]c23)ccn1. The van der Waals surface area contributed by atoms with Crippen molar-refractivity contribution in [2.24, 2.45) is 0 Å². The third-order valence-electron chi connectivity index (χ3n) is 3.29. The van der Waals surface area contributed by atoms with E-state index in [9.17, 15) is 4.79 Å². The van der Waals surface area contributed by atoms with Crippen LogP contribution in [0.5, 0.6) is 5.88 Å². The van der Waals surface area contributed by atoms with Gasteiger partial charge in [0.05, 0.1) is 18.2 Å². The minimum atomic E-state index is -0.112. The lowest BCUT2D eigenvalue weighted by Crippen LogP contribution is -2.23. The lowest BCUT2D eigenvalue weighted by atomic mass is 10.1. The Labute approximate surface area is 122 Å². The zero-order valence-electron chi connectivity index (χ0n) is 11.6. The normalized spacial score (nSPS) is 10.5. The molecule has 0 aliphatic rings. The third kappa shape index (κ3) is 2.72. The molecule has 2 aromatic heterocycles. The van der Waals surface area contributed by atoms with Gasteiger partial charge in [-0.25, -0.2) is 4.98 Å². The maximum Gasteiger partial charge on any atom is 0.253 e. The van der Waals surface area contributed by atoms with Gasteiger partial charge < -0.3 is 15.0 Å². The number of rotatable bonds is 4. The van der Waals surface area contributed by atoms with Crippen LogP contribution in [0.25, 0.3) is 10.9 Å². The number of pyridine rings is 1. The summed E-state index contributed by atoms with van der Waals surface area (Å²) in [4.78, 5) is 19.4. The van der Waals surface area contributed by atoms with Crippen molar-refractivity contribution >= 4 is 16.8 Å². The number of nitrogens with one attached hydrogen (secondary N) is 2. The van der Waals surface area contributed by atoms with Crippen molar-refractivity contribution in [2.45, 2.75) is 6.54 Å². The highest BCUT2D eigenvalue weighted by Crippen LogP contribution is 2.17. The molecular formula is C16H15N3O2. The van der Waals surface area contributed by atoms with E-state index in [0.717, 1.165) is 16.5 Å². The van der Waals surface area contributed by atoms with Crippen molar-refractivity contribution in [1.29, 1.82) is 0 Å². The smallest absolute Gasteiger partial charge is 0.253 e. The van der Waals surface area contributed by atoms with Gasteiger partial charge in [-0.15, -0.1) is 0 Å².